The molecule has 0 aliphatic carbocycles. The highest BCUT2D eigenvalue weighted by molar-refractivity contribution is 5.84. The average Bonchev–Trinajstić information content (AvgIpc) is 3.14. The number of methoxy groups -OCH3 is 1. The van der Waals surface area contributed by atoms with Gasteiger partial charge in [0.25, 0.3) is 0 Å². The van der Waals surface area contributed by atoms with E-state index in [9.17, 15) is 0 Å². The van der Waals surface area contributed by atoms with Gasteiger partial charge in [0.1, 0.15) is 22.9 Å². The maximum atomic E-state index is 9.03. The summed E-state index contributed by atoms with van der Waals surface area (Å²) in [6.45, 7) is 2.04. The Hall–Kier alpha value is -2.67. The molecule has 4 heteroatoms. The predicted molar refractivity (Wildman–Crippen MR) is 82.9 cm³/mol. The largest absolute Gasteiger partial charge is 0.497 e. The zero-order valence-corrected chi connectivity index (χ0v) is 12.6. The number of nitriles is 1. The second-order valence-corrected chi connectivity index (χ2v) is 5.32. The molecule has 3 rings (SSSR count). The fourth-order valence-corrected chi connectivity index (χ4v) is 2.76. The fraction of sp³-hybridized carbons (Fsp3) is 0.278. The summed E-state index contributed by atoms with van der Waals surface area (Å²) < 4.78 is 16.7. The second-order valence-electron chi connectivity index (χ2n) is 5.32. The highest BCUT2D eigenvalue weighted by Crippen LogP contribution is 2.36. The van der Waals surface area contributed by atoms with E-state index in [-0.39, 0.29) is 5.92 Å². The summed E-state index contributed by atoms with van der Waals surface area (Å²) in [6.07, 6.45) is 2.67. The lowest BCUT2D eigenvalue weighted by molar-refractivity contribution is 0.415. The quantitative estimate of drug-likeness (QED) is 0.688. The molecule has 0 spiro atoms. The Bertz CT molecular complexity index is 809. The van der Waals surface area contributed by atoms with Gasteiger partial charge in [-0.15, -0.1) is 0 Å². The van der Waals surface area contributed by atoms with Crippen molar-refractivity contribution in [2.45, 2.75) is 25.7 Å². The minimum absolute atomic E-state index is 0.0864. The summed E-state index contributed by atoms with van der Waals surface area (Å²) in [5.41, 5.74) is 1.87. The minimum atomic E-state index is 0.0864. The maximum Gasteiger partial charge on any atom is 0.134 e. The molecule has 0 N–H and O–H groups in total. The molecule has 0 bridgehead atoms. The SMILES string of the molecule is COc1ccc2oc(Cc3ccco3)c(C(C)CC#N)c2c1. The Morgan fingerprint density at radius 1 is 1.32 bits per heavy atom. The molecule has 0 amide bonds. The molecule has 2 heterocycles. The van der Waals surface area contributed by atoms with Crippen molar-refractivity contribution in [1.82, 2.24) is 0 Å². The summed E-state index contributed by atoms with van der Waals surface area (Å²) in [5.74, 6) is 2.56. The molecule has 0 saturated heterocycles. The van der Waals surface area contributed by atoms with Crippen molar-refractivity contribution >= 4 is 11.0 Å². The monoisotopic (exact) mass is 295 g/mol. The van der Waals surface area contributed by atoms with Crippen LogP contribution in [0.2, 0.25) is 0 Å². The zero-order chi connectivity index (χ0) is 15.5. The predicted octanol–water partition coefficient (Wildman–Crippen LogP) is 4.64. The van der Waals surface area contributed by atoms with Crippen LogP contribution in [0.1, 0.15) is 36.3 Å². The van der Waals surface area contributed by atoms with E-state index in [1.54, 1.807) is 13.4 Å². The molecule has 0 fully saturated rings. The number of rotatable bonds is 5. The molecule has 1 atom stereocenters. The molecule has 0 saturated carbocycles. The van der Waals surface area contributed by atoms with Gasteiger partial charge in [-0.05, 0) is 36.2 Å². The summed E-state index contributed by atoms with van der Waals surface area (Å²) in [5, 5.41) is 10.0. The molecule has 0 aliphatic rings. The van der Waals surface area contributed by atoms with Gasteiger partial charge in [0, 0.05) is 17.4 Å². The van der Waals surface area contributed by atoms with Crippen molar-refractivity contribution in [3.63, 3.8) is 0 Å². The van der Waals surface area contributed by atoms with E-state index < -0.39 is 0 Å². The van der Waals surface area contributed by atoms with Crippen molar-refractivity contribution < 1.29 is 13.6 Å². The molecule has 3 aromatic rings. The first-order valence-corrected chi connectivity index (χ1v) is 7.21. The van der Waals surface area contributed by atoms with Crippen LogP contribution in [-0.2, 0) is 6.42 Å². The molecule has 0 radical (unpaired) electrons. The van der Waals surface area contributed by atoms with E-state index in [4.69, 9.17) is 18.8 Å². The number of ether oxygens (including phenoxy) is 1. The first-order chi connectivity index (χ1) is 10.7. The van der Waals surface area contributed by atoms with Gasteiger partial charge in [0.15, 0.2) is 0 Å². The van der Waals surface area contributed by atoms with Gasteiger partial charge in [-0.25, -0.2) is 0 Å². The highest BCUT2D eigenvalue weighted by Gasteiger charge is 2.21. The lowest BCUT2D eigenvalue weighted by atomic mass is 9.94. The minimum Gasteiger partial charge on any atom is -0.497 e. The smallest absolute Gasteiger partial charge is 0.134 e. The van der Waals surface area contributed by atoms with Crippen LogP contribution in [-0.4, -0.2) is 7.11 Å². The van der Waals surface area contributed by atoms with Crippen molar-refractivity contribution in [2.75, 3.05) is 7.11 Å². The maximum absolute atomic E-state index is 9.03. The van der Waals surface area contributed by atoms with Crippen LogP contribution in [0.15, 0.2) is 45.4 Å². The summed E-state index contributed by atoms with van der Waals surface area (Å²) in [4.78, 5) is 0. The van der Waals surface area contributed by atoms with Gasteiger partial charge in [-0.3, -0.25) is 0 Å². The summed E-state index contributed by atoms with van der Waals surface area (Å²) in [7, 11) is 1.64. The van der Waals surface area contributed by atoms with E-state index in [2.05, 4.69) is 6.07 Å². The first-order valence-electron chi connectivity index (χ1n) is 7.21. The third-order valence-corrected chi connectivity index (χ3v) is 3.82. The third kappa shape index (κ3) is 2.58. The van der Waals surface area contributed by atoms with Crippen LogP contribution in [0.3, 0.4) is 0 Å². The van der Waals surface area contributed by atoms with Crippen LogP contribution >= 0.6 is 0 Å². The standard InChI is InChI=1S/C18H17NO3/c1-12(7-8-19)18-15-10-13(20-2)5-6-16(15)22-17(18)11-14-4-3-9-21-14/h3-6,9-10,12H,7,11H2,1-2H3. The molecule has 2 aromatic heterocycles. The normalized spacial score (nSPS) is 12.2. The number of hydrogen-bond donors (Lipinski definition) is 0. The topological polar surface area (TPSA) is 59.3 Å². The van der Waals surface area contributed by atoms with Crippen LogP contribution in [0.25, 0.3) is 11.0 Å². The van der Waals surface area contributed by atoms with E-state index in [0.717, 1.165) is 33.8 Å². The summed E-state index contributed by atoms with van der Waals surface area (Å²) in [6, 6.07) is 11.8. The summed E-state index contributed by atoms with van der Waals surface area (Å²) >= 11 is 0. The van der Waals surface area contributed by atoms with Crippen LogP contribution in [0.4, 0.5) is 0 Å². The van der Waals surface area contributed by atoms with Crippen molar-refractivity contribution in [2.24, 2.45) is 0 Å². The van der Waals surface area contributed by atoms with Crippen LogP contribution in [0, 0.1) is 11.3 Å². The van der Waals surface area contributed by atoms with Crippen LogP contribution in [0.5, 0.6) is 5.75 Å². The average molecular weight is 295 g/mol. The Morgan fingerprint density at radius 3 is 2.86 bits per heavy atom. The van der Waals surface area contributed by atoms with Gasteiger partial charge in [0.05, 0.1) is 25.9 Å². The molecule has 1 unspecified atom stereocenters. The molecular formula is C18H17NO3. The highest BCUT2D eigenvalue weighted by atomic mass is 16.5. The number of nitrogens with zero attached hydrogens (tertiary/aromatic N) is 1. The molecule has 22 heavy (non-hydrogen) atoms. The van der Waals surface area contributed by atoms with Crippen LogP contribution < -0.4 is 4.74 Å². The van der Waals surface area contributed by atoms with E-state index in [1.807, 2.05) is 37.3 Å². The van der Waals surface area contributed by atoms with Crippen molar-refractivity contribution in [1.29, 1.82) is 5.26 Å². The Balaban J connectivity index is 2.13. The lowest BCUT2D eigenvalue weighted by Crippen LogP contribution is -1.97. The second kappa shape index (κ2) is 5.98. The van der Waals surface area contributed by atoms with E-state index >= 15 is 0 Å². The van der Waals surface area contributed by atoms with Crippen molar-refractivity contribution in [3.8, 4) is 11.8 Å². The fourth-order valence-electron chi connectivity index (χ4n) is 2.76. The van der Waals surface area contributed by atoms with Gasteiger partial charge in [-0.2, -0.15) is 5.26 Å². The van der Waals surface area contributed by atoms with Crippen molar-refractivity contribution in [3.05, 3.63) is 53.7 Å². The number of furan rings is 2. The first kappa shape index (κ1) is 14.3. The molecule has 4 nitrogen and oxygen atoms in total. The zero-order valence-electron chi connectivity index (χ0n) is 12.6. The Labute approximate surface area is 128 Å². The Kier molecular flexibility index (Phi) is 3.88. The number of hydrogen-bond acceptors (Lipinski definition) is 4. The van der Waals surface area contributed by atoms with E-state index in [0.29, 0.717) is 12.8 Å². The molecule has 112 valence electrons. The lowest BCUT2D eigenvalue weighted by Gasteiger charge is -2.08. The van der Waals surface area contributed by atoms with Gasteiger partial charge in [0.2, 0.25) is 0 Å². The van der Waals surface area contributed by atoms with E-state index in [1.165, 1.54) is 0 Å². The Morgan fingerprint density at radius 2 is 2.18 bits per heavy atom. The van der Waals surface area contributed by atoms with Gasteiger partial charge < -0.3 is 13.6 Å². The van der Waals surface area contributed by atoms with Gasteiger partial charge in [-0.1, -0.05) is 6.92 Å². The molecular weight excluding hydrogens is 278 g/mol. The third-order valence-electron chi connectivity index (χ3n) is 3.82. The molecule has 0 aliphatic heterocycles. The molecule has 1 aromatic carbocycles. The number of benzene rings is 1. The van der Waals surface area contributed by atoms with Gasteiger partial charge >= 0.3 is 0 Å². The number of fused-ring (bicyclic) bond motifs is 1.